The Morgan fingerprint density at radius 2 is 1.64 bits per heavy atom. The average Bonchev–Trinajstić information content (AvgIpc) is 3.36. The number of ether oxygens (including phenoxy) is 3. The summed E-state index contributed by atoms with van der Waals surface area (Å²) in [6, 6.07) is 16.2. The molecule has 0 bridgehead atoms. The minimum Gasteiger partial charge on any atom is -0.489 e. The molecule has 8 nitrogen and oxygen atoms in total. The van der Waals surface area contributed by atoms with E-state index >= 15 is 0 Å². The Labute approximate surface area is 267 Å². The van der Waals surface area contributed by atoms with Crippen LogP contribution in [0.25, 0.3) is 0 Å². The Bertz CT molecular complexity index is 1490. The van der Waals surface area contributed by atoms with Gasteiger partial charge >= 0.3 is 12.1 Å². The van der Waals surface area contributed by atoms with Gasteiger partial charge in [0.05, 0.1) is 6.08 Å². The van der Waals surface area contributed by atoms with E-state index in [1.54, 1.807) is 46.4 Å². The number of hydrogen-bond acceptors (Lipinski definition) is 6. The third kappa shape index (κ3) is 10.1. The molecule has 45 heavy (non-hydrogen) atoms. The number of aryl methyl sites for hydroxylation is 1. The Morgan fingerprint density at radius 1 is 0.933 bits per heavy atom. The number of anilines is 1. The fourth-order valence-electron chi connectivity index (χ4n) is 5.37. The van der Waals surface area contributed by atoms with Gasteiger partial charge in [-0.25, -0.2) is 9.59 Å². The van der Waals surface area contributed by atoms with Crippen molar-refractivity contribution in [1.82, 2.24) is 5.32 Å². The monoisotopic (exact) mass is 614 g/mol. The number of carbonyl (C=O) groups is 3. The fourth-order valence-corrected chi connectivity index (χ4v) is 5.37. The zero-order chi connectivity index (χ0) is 32.8. The number of alkyl carbamates (subject to hydrolysis) is 1. The van der Waals surface area contributed by atoms with E-state index < -0.39 is 29.2 Å². The van der Waals surface area contributed by atoms with E-state index in [1.807, 2.05) is 24.3 Å². The van der Waals surface area contributed by atoms with Crippen molar-refractivity contribution < 1.29 is 28.6 Å². The van der Waals surface area contributed by atoms with E-state index in [0.717, 1.165) is 36.7 Å². The van der Waals surface area contributed by atoms with Crippen LogP contribution in [0.1, 0.15) is 72.4 Å². The molecule has 1 unspecified atom stereocenters. The van der Waals surface area contributed by atoms with Crippen LogP contribution in [0.5, 0.6) is 5.75 Å². The van der Waals surface area contributed by atoms with Gasteiger partial charge in [0.15, 0.2) is 0 Å². The number of benzene rings is 2. The summed E-state index contributed by atoms with van der Waals surface area (Å²) in [5.74, 6) is -0.0779. The van der Waals surface area contributed by atoms with Gasteiger partial charge < -0.3 is 19.1 Å². The smallest absolute Gasteiger partial charge is 0.412 e. The molecule has 0 spiro atoms. The number of nitrogens with zero attached hydrogens (tertiary/aromatic N) is 1. The minimum atomic E-state index is -0.835. The van der Waals surface area contributed by atoms with E-state index in [-0.39, 0.29) is 5.70 Å². The van der Waals surface area contributed by atoms with E-state index in [0.29, 0.717) is 31.2 Å². The largest absolute Gasteiger partial charge is 0.489 e. The lowest BCUT2D eigenvalue weighted by atomic mass is 9.85. The Hall–Kier alpha value is -4.33. The molecule has 0 saturated heterocycles. The van der Waals surface area contributed by atoms with Gasteiger partial charge in [-0.05, 0) is 108 Å². The summed E-state index contributed by atoms with van der Waals surface area (Å²) in [6.07, 6.45) is 8.27. The molecule has 1 atom stereocenters. The maximum atomic E-state index is 13.6. The molecule has 2 aliphatic rings. The summed E-state index contributed by atoms with van der Waals surface area (Å²) in [5, 5.41) is 2.46. The second kappa shape index (κ2) is 14.2. The molecule has 1 heterocycles. The molecule has 2 aromatic rings. The standard InChI is InChI=1S/C37H46N2O6/c1-25-21-27(14-16-28(25)15-13-26-11-9-8-10-12-26)24-43-30-17-18-32-29(22-30)19-20-39(32)34(41)31(23-33(40)44-36(2,3)4)38-35(42)45-37(5,6)7/h8-12,14,16-18,22-23,25H,13,15,19-21,24H2,1-7H3,(H,38,42)/b31-23-. The quantitative estimate of drug-likeness (QED) is 0.237. The maximum Gasteiger partial charge on any atom is 0.412 e. The summed E-state index contributed by atoms with van der Waals surface area (Å²) < 4.78 is 16.9. The molecule has 1 aliphatic carbocycles. The summed E-state index contributed by atoms with van der Waals surface area (Å²) in [4.78, 5) is 40.3. The van der Waals surface area contributed by atoms with Crippen LogP contribution in [-0.4, -0.2) is 42.3 Å². The van der Waals surface area contributed by atoms with Crippen molar-refractivity contribution in [1.29, 1.82) is 0 Å². The predicted molar refractivity (Wildman–Crippen MR) is 176 cm³/mol. The van der Waals surface area contributed by atoms with Crippen molar-refractivity contribution in [2.24, 2.45) is 5.92 Å². The Balaban J connectivity index is 1.41. The van der Waals surface area contributed by atoms with Crippen molar-refractivity contribution in [2.75, 3.05) is 18.1 Å². The van der Waals surface area contributed by atoms with E-state index in [4.69, 9.17) is 14.2 Å². The van der Waals surface area contributed by atoms with Gasteiger partial charge in [-0.1, -0.05) is 55.0 Å². The van der Waals surface area contributed by atoms with E-state index in [1.165, 1.54) is 16.7 Å². The first-order valence-electron chi connectivity index (χ1n) is 15.6. The molecule has 0 radical (unpaired) electrons. The molecule has 0 fully saturated rings. The van der Waals surface area contributed by atoms with Crippen LogP contribution in [-0.2, 0) is 31.9 Å². The second-order valence-corrected chi connectivity index (χ2v) is 13.7. The van der Waals surface area contributed by atoms with Crippen LogP contribution in [0.4, 0.5) is 10.5 Å². The van der Waals surface area contributed by atoms with Crippen molar-refractivity contribution in [3.63, 3.8) is 0 Å². The molecule has 0 aromatic heterocycles. The SMILES string of the molecule is CC1CC(COc2ccc3c(c2)CCN3C(=O)/C(=C/C(=O)OC(C)(C)C)NC(=O)OC(C)(C)C)=CC=C1CCc1ccccc1. The molecule has 1 aliphatic heterocycles. The van der Waals surface area contributed by atoms with Gasteiger partial charge in [0.2, 0.25) is 0 Å². The average molecular weight is 615 g/mol. The normalized spacial score (nSPS) is 16.7. The summed E-state index contributed by atoms with van der Waals surface area (Å²) in [5.41, 5.74) is 3.94. The van der Waals surface area contributed by atoms with Crippen LogP contribution in [0, 0.1) is 5.92 Å². The Kier molecular flexibility index (Phi) is 10.6. The first kappa shape index (κ1) is 33.6. The van der Waals surface area contributed by atoms with Crippen LogP contribution in [0.15, 0.2) is 83.6 Å². The molecule has 0 saturated carbocycles. The highest BCUT2D eigenvalue weighted by Gasteiger charge is 2.30. The first-order valence-corrected chi connectivity index (χ1v) is 15.6. The van der Waals surface area contributed by atoms with Crippen molar-refractivity contribution in [3.8, 4) is 5.75 Å². The molecule has 1 N–H and O–H groups in total. The lowest BCUT2D eigenvalue weighted by Gasteiger charge is -2.23. The molecular weight excluding hydrogens is 568 g/mol. The number of amides is 2. The fraction of sp³-hybridized carbons (Fsp3) is 0.432. The molecule has 2 amide bonds. The van der Waals surface area contributed by atoms with Gasteiger partial charge in [-0.2, -0.15) is 0 Å². The van der Waals surface area contributed by atoms with Crippen LogP contribution < -0.4 is 15.0 Å². The zero-order valence-electron chi connectivity index (χ0n) is 27.6. The van der Waals surface area contributed by atoms with Gasteiger partial charge in [-0.15, -0.1) is 0 Å². The van der Waals surface area contributed by atoms with Crippen molar-refractivity contribution in [3.05, 3.63) is 94.7 Å². The lowest BCUT2D eigenvalue weighted by Crippen LogP contribution is -2.40. The third-order valence-corrected chi connectivity index (χ3v) is 7.43. The van der Waals surface area contributed by atoms with Gasteiger partial charge in [0, 0.05) is 12.2 Å². The molecular formula is C37H46N2O6. The predicted octanol–water partition coefficient (Wildman–Crippen LogP) is 7.23. The summed E-state index contributed by atoms with van der Waals surface area (Å²) in [7, 11) is 0. The number of carbonyl (C=O) groups excluding carboxylic acids is 3. The lowest BCUT2D eigenvalue weighted by molar-refractivity contribution is -0.148. The van der Waals surface area contributed by atoms with Crippen molar-refractivity contribution in [2.45, 2.75) is 85.4 Å². The van der Waals surface area contributed by atoms with Gasteiger partial charge in [0.1, 0.15) is 29.3 Å². The number of esters is 1. The van der Waals surface area contributed by atoms with E-state index in [2.05, 4.69) is 48.7 Å². The highest BCUT2D eigenvalue weighted by Crippen LogP contribution is 2.33. The molecule has 240 valence electrons. The third-order valence-electron chi connectivity index (χ3n) is 7.43. The number of fused-ring (bicyclic) bond motifs is 1. The topological polar surface area (TPSA) is 94.2 Å². The molecule has 2 aromatic carbocycles. The number of nitrogens with one attached hydrogen (secondary N) is 1. The summed E-state index contributed by atoms with van der Waals surface area (Å²) >= 11 is 0. The molecule has 8 heteroatoms. The number of rotatable bonds is 9. The van der Waals surface area contributed by atoms with E-state index in [9.17, 15) is 14.4 Å². The maximum absolute atomic E-state index is 13.6. The summed E-state index contributed by atoms with van der Waals surface area (Å²) in [6.45, 7) is 13.5. The zero-order valence-corrected chi connectivity index (χ0v) is 27.6. The van der Waals surface area contributed by atoms with Crippen LogP contribution in [0.2, 0.25) is 0 Å². The number of hydrogen-bond donors (Lipinski definition) is 1. The highest BCUT2D eigenvalue weighted by atomic mass is 16.6. The first-order chi connectivity index (χ1) is 21.2. The van der Waals surface area contributed by atoms with Crippen LogP contribution >= 0.6 is 0 Å². The number of allylic oxidation sites excluding steroid dienone is 3. The molecule has 4 rings (SSSR count). The van der Waals surface area contributed by atoms with Gasteiger partial charge in [0.25, 0.3) is 5.91 Å². The highest BCUT2D eigenvalue weighted by molar-refractivity contribution is 6.10. The Morgan fingerprint density at radius 3 is 2.31 bits per heavy atom. The minimum absolute atomic E-state index is 0.221. The second-order valence-electron chi connectivity index (χ2n) is 13.7. The van der Waals surface area contributed by atoms with Crippen molar-refractivity contribution >= 4 is 23.7 Å². The van der Waals surface area contributed by atoms with Crippen LogP contribution in [0.3, 0.4) is 0 Å². The van der Waals surface area contributed by atoms with Gasteiger partial charge in [-0.3, -0.25) is 10.1 Å².